The summed E-state index contributed by atoms with van der Waals surface area (Å²) in [6.45, 7) is 10.0. The van der Waals surface area contributed by atoms with Crippen molar-refractivity contribution >= 4 is 16.7 Å². The predicted octanol–water partition coefficient (Wildman–Crippen LogP) is 4.14. The monoisotopic (exact) mass is 459 g/mol. The molecule has 34 heavy (non-hydrogen) atoms. The minimum absolute atomic E-state index is 0.468. The Morgan fingerprint density at radius 1 is 1.03 bits per heavy atom. The number of rotatable bonds is 4. The smallest absolute Gasteiger partial charge is 0.159 e. The Bertz CT molecular complexity index is 1250. The molecule has 7 rings (SSSR count). The molecule has 0 unspecified atom stereocenters. The zero-order valence-electron chi connectivity index (χ0n) is 21.0. The number of aromatic nitrogens is 5. The van der Waals surface area contributed by atoms with Crippen LogP contribution in [0.2, 0.25) is 0 Å². The summed E-state index contributed by atoms with van der Waals surface area (Å²) in [6.07, 6.45) is 12.8. The van der Waals surface area contributed by atoms with Crippen LogP contribution in [0.15, 0.2) is 12.3 Å². The van der Waals surface area contributed by atoms with Crippen molar-refractivity contribution in [3.63, 3.8) is 0 Å². The van der Waals surface area contributed by atoms with E-state index >= 15 is 0 Å². The van der Waals surface area contributed by atoms with Crippen LogP contribution in [0.4, 0.5) is 5.69 Å². The Morgan fingerprint density at radius 2 is 1.82 bits per heavy atom. The van der Waals surface area contributed by atoms with Crippen LogP contribution < -0.4 is 4.90 Å². The molecule has 7 heteroatoms. The van der Waals surface area contributed by atoms with E-state index in [-0.39, 0.29) is 0 Å². The highest BCUT2D eigenvalue weighted by molar-refractivity contribution is 5.89. The van der Waals surface area contributed by atoms with E-state index in [1.54, 1.807) is 0 Å². The van der Waals surface area contributed by atoms with Gasteiger partial charge in [0, 0.05) is 55.6 Å². The second-order valence-corrected chi connectivity index (χ2v) is 11.7. The zero-order valence-corrected chi connectivity index (χ0v) is 21.0. The summed E-state index contributed by atoms with van der Waals surface area (Å²) < 4.78 is 4.32. The van der Waals surface area contributed by atoms with E-state index in [4.69, 9.17) is 10.1 Å². The normalized spacial score (nSPS) is 29.0. The van der Waals surface area contributed by atoms with E-state index in [2.05, 4.69) is 39.5 Å². The largest absolute Gasteiger partial charge is 0.366 e. The van der Waals surface area contributed by atoms with Crippen molar-refractivity contribution in [1.82, 2.24) is 29.4 Å². The molecule has 4 aliphatic rings. The summed E-state index contributed by atoms with van der Waals surface area (Å²) >= 11 is 0. The quantitative estimate of drug-likeness (QED) is 0.587. The molecular formula is C27H37N7. The molecule has 2 aliphatic carbocycles. The van der Waals surface area contributed by atoms with Gasteiger partial charge in [-0.25, -0.2) is 4.98 Å². The number of fused-ring (bicyclic) bond motifs is 4. The van der Waals surface area contributed by atoms with Gasteiger partial charge < -0.3 is 4.90 Å². The zero-order chi connectivity index (χ0) is 23.1. The first-order valence-electron chi connectivity index (χ1n) is 13.3. The first kappa shape index (κ1) is 20.9. The fraction of sp³-hybridized carbons (Fsp3) is 0.667. The van der Waals surface area contributed by atoms with Gasteiger partial charge in [0.15, 0.2) is 5.65 Å². The van der Waals surface area contributed by atoms with Crippen LogP contribution in [0.5, 0.6) is 0 Å². The molecule has 3 fully saturated rings. The SMILES string of the molecule is Cc1cc(N2CCc3c(c(C)nn3CC34CCC(N5CCCC5)(CC3)C4)C2)c2cnn(C)c2n1. The average molecular weight is 460 g/mol. The molecule has 3 aromatic heterocycles. The second-order valence-electron chi connectivity index (χ2n) is 11.7. The summed E-state index contributed by atoms with van der Waals surface area (Å²) in [6, 6.07) is 2.22. The molecular weight excluding hydrogens is 422 g/mol. The van der Waals surface area contributed by atoms with Gasteiger partial charge in [-0.2, -0.15) is 10.2 Å². The molecule has 2 aliphatic heterocycles. The van der Waals surface area contributed by atoms with E-state index in [1.165, 1.54) is 80.7 Å². The summed E-state index contributed by atoms with van der Waals surface area (Å²) in [5.41, 5.74) is 8.40. The average Bonchev–Trinajstić information content (AvgIpc) is 3.65. The number of hydrogen-bond acceptors (Lipinski definition) is 5. The van der Waals surface area contributed by atoms with Gasteiger partial charge in [0.2, 0.25) is 0 Å². The van der Waals surface area contributed by atoms with Gasteiger partial charge in [-0.15, -0.1) is 0 Å². The standard InChI is InChI=1S/C27H37N7/c1-19-14-24(21-15-28-31(3)25(21)29-19)32-13-6-23-22(16-32)20(2)30-34(23)18-26-7-9-27(17-26,10-8-26)33-11-4-5-12-33/h14-15H,4-13,16-18H2,1-3H3. The first-order valence-corrected chi connectivity index (χ1v) is 13.3. The molecule has 0 amide bonds. The lowest BCUT2D eigenvalue weighted by atomic mass is 9.83. The van der Waals surface area contributed by atoms with Gasteiger partial charge >= 0.3 is 0 Å². The summed E-state index contributed by atoms with van der Waals surface area (Å²) in [5, 5.41) is 10.8. The van der Waals surface area contributed by atoms with Crippen molar-refractivity contribution in [3.05, 3.63) is 34.9 Å². The van der Waals surface area contributed by atoms with Gasteiger partial charge in [0.25, 0.3) is 0 Å². The molecule has 0 atom stereocenters. The van der Waals surface area contributed by atoms with Crippen LogP contribution in [0.25, 0.3) is 11.0 Å². The van der Waals surface area contributed by atoms with Crippen LogP contribution in [-0.2, 0) is 26.6 Å². The molecule has 7 nitrogen and oxygen atoms in total. The molecule has 0 radical (unpaired) electrons. The highest BCUT2D eigenvalue weighted by Gasteiger charge is 2.57. The fourth-order valence-electron chi connectivity index (χ4n) is 7.93. The van der Waals surface area contributed by atoms with E-state index in [1.807, 2.05) is 17.9 Å². The number of hydrogen-bond donors (Lipinski definition) is 0. The lowest BCUT2D eigenvalue weighted by molar-refractivity contribution is 0.125. The van der Waals surface area contributed by atoms with Crippen LogP contribution in [0, 0.1) is 19.3 Å². The molecule has 5 heterocycles. The molecule has 1 saturated heterocycles. The van der Waals surface area contributed by atoms with Crippen LogP contribution in [-0.4, -0.2) is 54.6 Å². The maximum atomic E-state index is 5.15. The molecule has 2 bridgehead atoms. The van der Waals surface area contributed by atoms with Crippen molar-refractivity contribution in [2.45, 2.75) is 83.8 Å². The van der Waals surface area contributed by atoms with E-state index in [9.17, 15) is 0 Å². The van der Waals surface area contributed by atoms with Gasteiger partial charge in [-0.3, -0.25) is 14.3 Å². The van der Waals surface area contributed by atoms with Crippen molar-refractivity contribution in [1.29, 1.82) is 0 Å². The highest BCUT2D eigenvalue weighted by Crippen LogP contribution is 2.60. The fourth-order valence-corrected chi connectivity index (χ4v) is 7.93. The van der Waals surface area contributed by atoms with E-state index < -0.39 is 0 Å². The van der Waals surface area contributed by atoms with E-state index in [0.717, 1.165) is 42.8 Å². The summed E-state index contributed by atoms with van der Waals surface area (Å²) in [5.74, 6) is 0. The first-order chi connectivity index (χ1) is 16.5. The third kappa shape index (κ3) is 3.01. The van der Waals surface area contributed by atoms with Crippen LogP contribution in [0.1, 0.15) is 67.6 Å². The Labute approximate surface area is 202 Å². The van der Waals surface area contributed by atoms with Crippen molar-refractivity contribution in [3.8, 4) is 0 Å². The third-order valence-corrected chi connectivity index (χ3v) is 9.69. The predicted molar refractivity (Wildman–Crippen MR) is 134 cm³/mol. The molecule has 180 valence electrons. The Balaban J connectivity index is 1.16. The minimum Gasteiger partial charge on any atom is -0.366 e. The minimum atomic E-state index is 0.468. The van der Waals surface area contributed by atoms with Gasteiger partial charge in [0.1, 0.15) is 0 Å². The lowest BCUT2D eigenvalue weighted by Crippen LogP contribution is -2.43. The topological polar surface area (TPSA) is 55.0 Å². The number of nitrogens with zero attached hydrogens (tertiary/aromatic N) is 7. The Morgan fingerprint density at radius 3 is 2.62 bits per heavy atom. The number of anilines is 1. The van der Waals surface area contributed by atoms with Gasteiger partial charge in [-0.1, -0.05) is 0 Å². The number of aryl methyl sites for hydroxylation is 3. The molecule has 2 saturated carbocycles. The van der Waals surface area contributed by atoms with Crippen LogP contribution in [0.3, 0.4) is 0 Å². The molecule has 0 aromatic carbocycles. The highest BCUT2D eigenvalue weighted by atomic mass is 15.3. The molecule has 3 aromatic rings. The molecule has 0 spiro atoms. The van der Waals surface area contributed by atoms with Crippen LogP contribution >= 0.6 is 0 Å². The van der Waals surface area contributed by atoms with Crippen molar-refractivity contribution in [2.75, 3.05) is 24.5 Å². The Kier molecular flexibility index (Phi) is 4.49. The van der Waals surface area contributed by atoms with Gasteiger partial charge in [-0.05, 0) is 83.4 Å². The number of likely N-dealkylation sites (tertiary alicyclic amines) is 1. The second kappa shape index (κ2) is 7.30. The maximum absolute atomic E-state index is 5.15. The van der Waals surface area contributed by atoms with Crippen molar-refractivity contribution < 1.29 is 0 Å². The third-order valence-electron chi connectivity index (χ3n) is 9.69. The summed E-state index contributed by atoms with van der Waals surface area (Å²) in [7, 11) is 1.98. The maximum Gasteiger partial charge on any atom is 0.159 e. The molecule has 0 N–H and O–H groups in total. The van der Waals surface area contributed by atoms with Crippen molar-refractivity contribution in [2.24, 2.45) is 12.5 Å². The van der Waals surface area contributed by atoms with E-state index in [0.29, 0.717) is 11.0 Å². The number of pyridine rings is 1. The lowest BCUT2D eigenvalue weighted by Gasteiger charge is -2.37. The summed E-state index contributed by atoms with van der Waals surface area (Å²) in [4.78, 5) is 10.1. The van der Waals surface area contributed by atoms with Gasteiger partial charge in [0.05, 0.1) is 23.0 Å². The Hall–Kier alpha value is -2.41.